The first-order chi connectivity index (χ1) is 14.0. The summed E-state index contributed by atoms with van der Waals surface area (Å²) in [6.45, 7) is 3.79. The van der Waals surface area contributed by atoms with Gasteiger partial charge in [-0.25, -0.2) is 4.98 Å². The van der Waals surface area contributed by atoms with E-state index >= 15 is 0 Å². The molecule has 1 N–H and O–H groups in total. The molecule has 0 bridgehead atoms. The lowest BCUT2D eigenvalue weighted by Crippen LogP contribution is -2.33. The van der Waals surface area contributed by atoms with Gasteiger partial charge in [-0.2, -0.15) is 0 Å². The number of amides is 1. The Bertz CT molecular complexity index is 1140. The fraction of sp³-hybridized carbons (Fsp3) is 0.318. The van der Waals surface area contributed by atoms with Gasteiger partial charge in [0.25, 0.3) is 5.56 Å². The van der Waals surface area contributed by atoms with Crippen molar-refractivity contribution in [1.82, 2.24) is 14.9 Å². The van der Waals surface area contributed by atoms with Crippen molar-refractivity contribution in [3.63, 3.8) is 0 Å². The highest BCUT2D eigenvalue weighted by Gasteiger charge is 2.27. The molecule has 4 rings (SSSR count). The summed E-state index contributed by atoms with van der Waals surface area (Å²) in [7, 11) is 1.58. The third kappa shape index (κ3) is 4.00. The molecule has 29 heavy (non-hydrogen) atoms. The van der Waals surface area contributed by atoms with E-state index in [1.54, 1.807) is 17.7 Å². The molecule has 1 aliphatic rings. The van der Waals surface area contributed by atoms with Crippen LogP contribution < -0.4 is 15.6 Å². The highest BCUT2D eigenvalue weighted by molar-refractivity contribution is 8.00. The molecule has 0 aliphatic heterocycles. The van der Waals surface area contributed by atoms with Crippen molar-refractivity contribution < 1.29 is 9.53 Å². The minimum atomic E-state index is -0.384. The number of hydrogen-bond acceptors (Lipinski definition) is 5. The first kappa shape index (κ1) is 19.5. The van der Waals surface area contributed by atoms with Crippen molar-refractivity contribution in [3.8, 4) is 11.4 Å². The van der Waals surface area contributed by atoms with E-state index in [1.807, 2.05) is 50.2 Å². The van der Waals surface area contributed by atoms with Gasteiger partial charge in [-0.15, -0.1) is 0 Å². The van der Waals surface area contributed by atoms with Gasteiger partial charge < -0.3 is 10.1 Å². The summed E-state index contributed by atoms with van der Waals surface area (Å²) in [5, 5.41) is 3.63. The van der Waals surface area contributed by atoms with Crippen molar-refractivity contribution in [3.05, 3.63) is 58.4 Å². The van der Waals surface area contributed by atoms with Crippen molar-refractivity contribution in [1.29, 1.82) is 0 Å². The Balaban J connectivity index is 1.86. The fourth-order valence-corrected chi connectivity index (χ4v) is 4.07. The van der Waals surface area contributed by atoms with E-state index in [2.05, 4.69) is 5.32 Å². The Morgan fingerprint density at radius 2 is 2.03 bits per heavy atom. The second-order valence-electron chi connectivity index (χ2n) is 7.27. The molecule has 6 nitrogen and oxygen atoms in total. The third-order valence-electron chi connectivity index (χ3n) is 4.90. The molecule has 1 fully saturated rings. The maximum atomic E-state index is 13.4. The van der Waals surface area contributed by atoms with Gasteiger partial charge in [0, 0.05) is 6.04 Å². The lowest BCUT2D eigenvalue weighted by Gasteiger charge is -2.18. The van der Waals surface area contributed by atoms with Gasteiger partial charge in [-0.05, 0) is 56.5 Å². The second kappa shape index (κ2) is 7.91. The van der Waals surface area contributed by atoms with Crippen LogP contribution in [0.1, 0.15) is 25.3 Å². The molecule has 1 saturated carbocycles. The lowest BCUT2D eigenvalue weighted by atomic mass is 10.2. The summed E-state index contributed by atoms with van der Waals surface area (Å²) in [4.78, 5) is 30.6. The average molecular weight is 410 g/mol. The standard InChI is InChI=1S/C22H23N3O3S/c1-13-8-11-19(28-3)18(12-13)25-21(27)16-6-4-5-7-17(16)24-22(25)29-14(2)20(26)23-15-9-10-15/h4-8,11-12,14-15H,9-10H2,1-3H3,(H,23,26)/t14-/m0/s1. The number of thioether (sulfide) groups is 1. The Labute approximate surface area is 173 Å². The molecule has 0 radical (unpaired) electrons. The maximum Gasteiger partial charge on any atom is 0.266 e. The van der Waals surface area contributed by atoms with E-state index in [0.29, 0.717) is 27.5 Å². The van der Waals surface area contributed by atoms with E-state index in [4.69, 9.17) is 9.72 Å². The van der Waals surface area contributed by atoms with Gasteiger partial charge in [0.1, 0.15) is 5.75 Å². The van der Waals surface area contributed by atoms with Crippen molar-refractivity contribution in [2.24, 2.45) is 0 Å². The molecule has 0 unspecified atom stereocenters. The number of aryl methyl sites for hydroxylation is 1. The first-order valence-electron chi connectivity index (χ1n) is 9.62. The summed E-state index contributed by atoms with van der Waals surface area (Å²) in [5.41, 5.74) is 2.04. The first-order valence-corrected chi connectivity index (χ1v) is 10.5. The van der Waals surface area contributed by atoms with Crippen LogP contribution in [0.5, 0.6) is 5.75 Å². The highest BCUT2D eigenvalue weighted by Crippen LogP contribution is 2.30. The van der Waals surface area contributed by atoms with Crippen LogP contribution in [0.2, 0.25) is 0 Å². The normalized spacial score (nSPS) is 14.6. The molecule has 3 aromatic rings. The van der Waals surface area contributed by atoms with Crippen LogP contribution in [0.4, 0.5) is 0 Å². The van der Waals surface area contributed by atoms with Crippen LogP contribution in [-0.2, 0) is 4.79 Å². The number of hydrogen-bond donors (Lipinski definition) is 1. The fourth-order valence-electron chi connectivity index (χ4n) is 3.14. The molecule has 1 atom stereocenters. The van der Waals surface area contributed by atoms with Crippen molar-refractivity contribution in [2.45, 2.75) is 43.1 Å². The van der Waals surface area contributed by atoms with Gasteiger partial charge in [-0.3, -0.25) is 14.2 Å². The summed E-state index contributed by atoms with van der Waals surface area (Å²) >= 11 is 1.28. The maximum absolute atomic E-state index is 13.4. The molecular weight excluding hydrogens is 386 g/mol. The SMILES string of the molecule is COc1ccc(C)cc1-n1c(S[C@@H](C)C(=O)NC2CC2)nc2ccccc2c1=O. The zero-order valence-electron chi connectivity index (χ0n) is 16.6. The summed E-state index contributed by atoms with van der Waals surface area (Å²) in [5.74, 6) is 0.536. The van der Waals surface area contributed by atoms with E-state index in [0.717, 1.165) is 18.4 Å². The minimum Gasteiger partial charge on any atom is -0.495 e. The predicted molar refractivity (Wildman–Crippen MR) is 115 cm³/mol. The van der Waals surface area contributed by atoms with E-state index in [9.17, 15) is 9.59 Å². The Kier molecular flexibility index (Phi) is 5.32. The van der Waals surface area contributed by atoms with Gasteiger partial charge in [0.05, 0.1) is 29.0 Å². The third-order valence-corrected chi connectivity index (χ3v) is 5.95. The molecular formula is C22H23N3O3S. The minimum absolute atomic E-state index is 0.0392. The number of rotatable bonds is 6. The molecule has 1 aromatic heterocycles. The second-order valence-corrected chi connectivity index (χ2v) is 8.58. The number of benzene rings is 2. The van der Waals surface area contributed by atoms with Gasteiger partial charge in [0.2, 0.25) is 5.91 Å². The van der Waals surface area contributed by atoms with E-state index < -0.39 is 0 Å². The number of carbonyl (C=O) groups is 1. The largest absolute Gasteiger partial charge is 0.495 e. The van der Waals surface area contributed by atoms with Crippen molar-refractivity contribution >= 4 is 28.6 Å². The van der Waals surface area contributed by atoms with Crippen LogP contribution in [0.25, 0.3) is 16.6 Å². The van der Waals surface area contributed by atoms with Crippen LogP contribution in [0, 0.1) is 6.92 Å². The summed E-state index contributed by atoms with van der Waals surface area (Å²) in [6, 6.07) is 13.2. The van der Waals surface area contributed by atoms with Gasteiger partial charge in [0.15, 0.2) is 5.16 Å². The number of aromatic nitrogens is 2. The molecule has 2 aromatic carbocycles. The quantitative estimate of drug-likeness (QED) is 0.499. The number of para-hydroxylation sites is 1. The van der Waals surface area contributed by atoms with Crippen LogP contribution in [0.3, 0.4) is 0 Å². The molecule has 1 aliphatic carbocycles. The Hall–Kier alpha value is -2.80. The number of carbonyl (C=O) groups excluding carboxylic acids is 1. The zero-order chi connectivity index (χ0) is 20.5. The van der Waals surface area contributed by atoms with Crippen molar-refractivity contribution in [2.75, 3.05) is 7.11 Å². The molecule has 1 amide bonds. The molecule has 0 spiro atoms. The lowest BCUT2D eigenvalue weighted by molar-refractivity contribution is -0.120. The van der Waals surface area contributed by atoms with E-state index in [1.165, 1.54) is 11.8 Å². The van der Waals surface area contributed by atoms with Crippen LogP contribution in [0.15, 0.2) is 52.4 Å². The summed E-state index contributed by atoms with van der Waals surface area (Å²) < 4.78 is 7.07. The smallest absolute Gasteiger partial charge is 0.266 e. The van der Waals surface area contributed by atoms with Crippen LogP contribution >= 0.6 is 11.8 Å². The summed E-state index contributed by atoms with van der Waals surface area (Å²) in [6.07, 6.45) is 2.06. The average Bonchev–Trinajstić information content (AvgIpc) is 3.52. The monoisotopic (exact) mass is 409 g/mol. The number of ether oxygens (including phenoxy) is 1. The number of fused-ring (bicyclic) bond motifs is 1. The predicted octanol–water partition coefficient (Wildman–Crippen LogP) is 3.46. The molecule has 150 valence electrons. The topological polar surface area (TPSA) is 73.2 Å². The molecule has 7 heteroatoms. The Morgan fingerprint density at radius 1 is 1.28 bits per heavy atom. The zero-order valence-corrected chi connectivity index (χ0v) is 17.5. The molecule has 0 saturated heterocycles. The molecule has 1 heterocycles. The Morgan fingerprint density at radius 3 is 2.76 bits per heavy atom. The van der Waals surface area contributed by atoms with E-state index in [-0.39, 0.29) is 22.8 Å². The highest BCUT2D eigenvalue weighted by atomic mass is 32.2. The number of nitrogens with zero attached hydrogens (tertiary/aromatic N) is 2. The number of nitrogens with one attached hydrogen (secondary N) is 1. The van der Waals surface area contributed by atoms with Crippen LogP contribution in [-0.4, -0.2) is 33.9 Å². The van der Waals surface area contributed by atoms with Gasteiger partial charge >= 0.3 is 0 Å². The number of methoxy groups -OCH3 is 1. The van der Waals surface area contributed by atoms with Gasteiger partial charge in [-0.1, -0.05) is 30.0 Å².